The molecule has 2 bridgehead atoms. The molecule has 19 nitrogen and oxygen atoms in total. The van der Waals surface area contributed by atoms with Crippen LogP contribution in [0.1, 0.15) is 149 Å². The number of piperidine rings is 1. The van der Waals surface area contributed by atoms with E-state index in [1.54, 1.807) is 18.5 Å². The van der Waals surface area contributed by atoms with Gasteiger partial charge in [0.25, 0.3) is 11.8 Å². The number of ether oxygens (including phenoxy) is 3. The molecule has 84 heavy (non-hydrogen) atoms. The van der Waals surface area contributed by atoms with E-state index in [1.165, 1.54) is 28.5 Å². The van der Waals surface area contributed by atoms with Crippen LogP contribution >= 0.6 is 0 Å². The van der Waals surface area contributed by atoms with Gasteiger partial charge in [-0.1, -0.05) is 18.6 Å². The number of pyridine rings is 2. The van der Waals surface area contributed by atoms with Crippen LogP contribution in [0.25, 0.3) is 0 Å². The number of piperazine rings is 1. The number of morpholine rings is 1. The van der Waals surface area contributed by atoms with Gasteiger partial charge in [-0.3, -0.25) is 34.3 Å². The van der Waals surface area contributed by atoms with Gasteiger partial charge < -0.3 is 43.8 Å². The number of aromatic nitrogens is 6. The third-order valence-electron chi connectivity index (χ3n) is 19.3. The van der Waals surface area contributed by atoms with Crippen LogP contribution in [0.3, 0.4) is 0 Å². The summed E-state index contributed by atoms with van der Waals surface area (Å²) in [6.07, 6.45) is 16.7. The molecule has 2 saturated carbocycles. The van der Waals surface area contributed by atoms with Crippen LogP contribution in [0.15, 0.2) is 73.6 Å². The number of amides is 2. The van der Waals surface area contributed by atoms with E-state index in [0.717, 1.165) is 125 Å². The first kappa shape index (κ1) is 55.7. The second-order valence-corrected chi connectivity index (χ2v) is 24.4. The highest BCUT2D eigenvalue weighted by molar-refractivity contribution is 5.99. The summed E-state index contributed by atoms with van der Waals surface area (Å²) >= 11 is 0. The van der Waals surface area contributed by atoms with Crippen LogP contribution < -0.4 is 20.1 Å². The molecule has 6 aliphatic heterocycles. The molecule has 4 atom stereocenters. The lowest BCUT2D eigenvalue weighted by Crippen LogP contribution is -2.68. The van der Waals surface area contributed by atoms with E-state index in [-0.39, 0.29) is 40.5 Å². The van der Waals surface area contributed by atoms with Crippen LogP contribution in [0, 0.1) is 17.1 Å². The first-order chi connectivity index (χ1) is 40.9. The van der Waals surface area contributed by atoms with E-state index in [1.807, 2.05) is 69.2 Å². The van der Waals surface area contributed by atoms with Gasteiger partial charge in [0.1, 0.15) is 17.4 Å². The van der Waals surface area contributed by atoms with Crippen LogP contribution in [-0.2, 0) is 41.7 Å². The van der Waals surface area contributed by atoms with Crippen molar-refractivity contribution in [3.63, 3.8) is 0 Å². The van der Waals surface area contributed by atoms with E-state index < -0.39 is 5.82 Å². The first-order valence-electron chi connectivity index (χ1n) is 30.4. The predicted molar refractivity (Wildman–Crippen MR) is 315 cm³/mol. The van der Waals surface area contributed by atoms with Gasteiger partial charge in [-0.25, -0.2) is 14.4 Å². The molecule has 440 valence electrons. The van der Waals surface area contributed by atoms with Crippen molar-refractivity contribution in [2.45, 2.75) is 127 Å². The Balaban J connectivity index is 0.705. The van der Waals surface area contributed by atoms with Crippen molar-refractivity contribution in [2.24, 2.45) is 0 Å². The number of imidazole rings is 2. The number of hydrogen-bond donors (Lipinski definition) is 2. The molecule has 2 aliphatic carbocycles. The highest BCUT2D eigenvalue weighted by atomic mass is 19.1. The fourth-order valence-electron chi connectivity index (χ4n) is 14.7. The Morgan fingerprint density at radius 2 is 1.30 bits per heavy atom. The number of nitriles is 1. The van der Waals surface area contributed by atoms with Crippen LogP contribution in [0.4, 0.5) is 16.3 Å². The SMILES string of the molecule is CCOc1cc([C@H](C)N2CC3(CC3)c3c(CN4C5CC4CN(CCNc4nccn4Cc4cc(CN6CCOCC6)c6c(c4)C(=O)N([C@@H](C)c4cc(OCC)c(C#N)cn4)CC64CCC4)C5)cc(Cn4ccnc4NC)cc3C2=O)ncc1F. The molecule has 0 radical (unpaired) electrons. The third-order valence-corrected chi connectivity index (χ3v) is 19.3. The molecule has 2 unspecified atom stereocenters. The quantitative estimate of drug-likeness (QED) is 0.0708. The minimum absolute atomic E-state index is 0.00576. The van der Waals surface area contributed by atoms with E-state index >= 15 is 4.79 Å². The molecule has 14 rings (SSSR count). The molecule has 4 saturated heterocycles. The number of hydrogen-bond acceptors (Lipinski definition) is 15. The van der Waals surface area contributed by atoms with Gasteiger partial charge >= 0.3 is 0 Å². The topological polar surface area (TPSA) is 187 Å². The van der Waals surface area contributed by atoms with Crippen molar-refractivity contribution >= 4 is 23.7 Å². The van der Waals surface area contributed by atoms with Crippen molar-refractivity contribution in [2.75, 3.05) is 96.5 Å². The summed E-state index contributed by atoms with van der Waals surface area (Å²) in [6, 6.07) is 14.7. The molecule has 10 heterocycles. The maximum absolute atomic E-state index is 15.1. The van der Waals surface area contributed by atoms with Gasteiger partial charge in [-0.15, -0.1) is 0 Å². The molecule has 2 amide bonds. The van der Waals surface area contributed by atoms with Gasteiger partial charge in [-0.05, 0) is 105 Å². The maximum Gasteiger partial charge on any atom is 0.254 e. The van der Waals surface area contributed by atoms with Crippen molar-refractivity contribution in [3.8, 4) is 17.6 Å². The number of rotatable bonds is 21. The Bertz CT molecular complexity index is 3500. The standard InChI is InChI=1S/C64H77FN14O5/c1-6-83-55-28-53(71-31-47(55)30-66)41(3)78-39-63(9-8-10-63)57-45(35-73-19-21-82-22-20-73)23-43(25-50(57)59(78)80)34-76-18-15-70-62(76)69-13-16-74-37-48-27-49(38-74)77(48)36-46-24-44(33-75-17-14-68-61(75)67-5)26-51-58(46)64(11-12-64)40-79(60(51)81)42(4)54-29-56(84-7-2)52(65)32-72-54/h14-15,17-18,23-26,28-29,31-32,41-42,48-49H,6-13,16,19-22,27,33-40H2,1-5H3,(H,67,68)(H,69,70)/t41-,42-,48?,49?/m0/s1. The van der Waals surface area contributed by atoms with Gasteiger partial charge in [0.2, 0.25) is 11.9 Å². The lowest BCUT2D eigenvalue weighted by atomic mass is 9.60. The maximum atomic E-state index is 15.1. The minimum atomic E-state index is -0.512. The summed E-state index contributed by atoms with van der Waals surface area (Å²) in [5.41, 5.74) is 9.92. The smallest absolute Gasteiger partial charge is 0.254 e. The minimum Gasteiger partial charge on any atom is -0.492 e. The molecule has 4 aromatic heterocycles. The third kappa shape index (κ3) is 10.3. The average molecular weight is 1140 g/mol. The van der Waals surface area contributed by atoms with E-state index in [0.29, 0.717) is 87.4 Å². The first-order valence-corrected chi connectivity index (χ1v) is 30.4. The highest BCUT2D eigenvalue weighted by Gasteiger charge is 2.55. The summed E-state index contributed by atoms with van der Waals surface area (Å²) in [4.78, 5) is 60.2. The number of nitrogens with one attached hydrogen (secondary N) is 2. The number of halogens is 1. The zero-order chi connectivity index (χ0) is 57.9. The second kappa shape index (κ2) is 22.9. The van der Waals surface area contributed by atoms with Gasteiger partial charge in [0.05, 0.1) is 69.2 Å². The highest BCUT2D eigenvalue weighted by Crippen LogP contribution is 2.56. The molecule has 2 spiro atoms. The van der Waals surface area contributed by atoms with Crippen molar-refractivity contribution in [1.29, 1.82) is 5.26 Å². The normalized spacial score (nSPS) is 21.3. The van der Waals surface area contributed by atoms with Crippen molar-refractivity contribution in [1.82, 2.24) is 53.6 Å². The summed E-state index contributed by atoms with van der Waals surface area (Å²) in [6.45, 7) is 19.0. The zero-order valence-electron chi connectivity index (χ0n) is 49.1. The van der Waals surface area contributed by atoms with Crippen LogP contribution in [0.2, 0.25) is 0 Å². The molecule has 2 N–H and O–H groups in total. The lowest BCUT2D eigenvalue weighted by molar-refractivity contribution is -0.0737. The van der Waals surface area contributed by atoms with Crippen molar-refractivity contribution < 1.29 is 28.2 Å². The fourth-order valence-corrected chi connectivity index (χ4v) is 14.7. The van der Waals surface area contributed by atoms with Crippen LogP contribution in [0.5, 0.6) is 11.5 Å². The van der Waals surface area contributed by atoms with Gasteiger partial charge in [0, 0.05) is 150 Å². The molecule has 8 aliphatic rings. The Kier molecular flexibility index (Phi) is 15.2. The number of carbonyl (C=O) groups excluding carboxylic acids is 2. The Morgan fingerprint density at radius 3 is 1.88 bits per heavy atom. The van der Waals surface area contributed by atoms with E-state index in [9.17, 15) is 14.4 Å². The average Bonchev–Trinajstić information content (AvgIpc) is 1.38. The summed E-state index contributed by atoms with van der Waals surface area (Å²) in [5, 5.41) is 16.7. The Labute approximate surface area is 491 Å². The molecule has 6 aromatic rings. The summed E-state index contributed by atoms with van der Waals surface area (Å²) in [7, 11) is 1.87. The molecular formula is C64H77FN14O5. The lowest BCUT2D eigenvalue weighted by Gasteiger charge is -2.57. The Morgan fingerprint density at radius 1 is 0.726 bits per heavy atom. The van der Waals surface area contributed by atoms with Gasteiger partial charge in [-0.2, -0.15) is 5.26 Å². The second-order valence-electron chi connectivity index (χ2n) is 24.4. The zero-order valence-corrected chi connectivity index (χ0v) is 49.1. The number of anilines is 2. The van der Waals surface area contributed by atoms with E-state index in [2.05, 4.69) is 74.8 Å². The largest absolute Gasteiger partial charge is 0.492 e. The monoisotopic (exact) mass is 1140 g/mol. The predicted octanol–water partition coefficient (Wildman–Crippen LogP) is 7.91. The Hall–Kier alpha value is -7.44. The number of carbonyl (C=O) groups is 2. The van der Waals surface area contributed by atoms with Crippen molar-refractivity contribution in [3.05, 3.63) is 141 Å². The van der Waals surface area contributed by atoms with Crippen LogP contribution in [-0.4, -0.2) is 163 Å². The molecule has 20 heteroatoms. The molecular weight excluding hydrogens is 1060 g/mol. The van der Waals surface area contributed by atoms with E-state index in [4.69, 9.17) is 24.2 Å². The van der Waals surface area contributed by atoms with Gasteiger partial charge in [0.15, 0.2) is 11.6 Å². The summed E-state index contributed by atoms with van der Waals surface area (Å²) < 4.78 is 36.2. The number of fused-ring (bicyclic) bond motifs is 6. The molecule has 2 aromatic carbocycles. The summed E-state index contributed by atoms with van der Waals surface area (Å²) in [5.74, 6) is 1.67. The number of benzene rings is 2. The number of nitrogens with zero attached hydrogens (tertiary/aromatic N) is 12. The fraction of sp³-hybridized carbons (Fsp3) is 0.516. The molecule has 6 fully saturated rings.